The van der Waals surface area contributed by atoms with Crippen LogP contribution in [0.15, 0.2) is 23.3 Å². The second kappa shape index (κ2) is 19.0. The SMILES string of the molecule is CC1(C)[C@@H](O)CC[C@]2(C)[C@H]3CC=C4[C@@H]5C[C@](C)(COC(=O)[C@]6(C)CC[C@]7(C(=O)O)CC[C@]8(C)C(=CC[C@H]9[C@@]%10(C)CC[C@H](O)[C@](C)(CO[C@H]%11O[C@@H](CO)[C@H](O)[C@@H](O)[C@@H]%11O)[C@@H]%10CC[C@]98C)[C@@H]7C6)CC[C@]5(C(=O)O)CC[C@@]4(C)[C@]3(C)CC[C@@H]12. The second-order valence-corrected chi connectivity index (χ2v) is 32.4. The molecule has 11 aliphatic rings. The largest absolute Gasteiger partial charge is 0.481 e. The maximum absolute atomic E-state index is 15.1. The number of carboxylic acids is 2. The fraction of sp³-hybridized carbons (Fsp3) is 0.894. The molecule has 0 bridgehead atoms. The number of hydrogen-bond acceptors (Lipinski definition) is 12. The van der Waals surface area contributed by atoms with Crippen molar-refractivity contribution in [3.8, 4) is 0 Å². The van der Waals surface area contributed by atoms with Gasteiger partial charge in [0, 0.05) is 10.8 Å². The Balaban J connectivity index is 0.824. The number of fused-ring (bicyclic) bond motifs is 14. The van der Waals surface area contributed by atoms with E-state index in [9.17, 15) is 50.4 Å². The van der Waals surface area contributed by atoms with Crippen molar-refractivity contribution in [3.05, 3.63) is 23.3 Å². The molecule has 0 amide bonds. The summed E-state index contributed by atoms with van der Waals surface area (Å²) in [5, 5.41) is 87.4. The van der Waals surface area contributed by atoms with Crippen LogP contribution in [0.25, 0.3) is 0 Å². The number of hydrogen-bond donors (Lipinski definition) is 8. The van der Waals surface area contributed by atoms with E-state index in [1.807, 2.05) is 13.8 Å². The number of rotatable bonds is 9. The van der Waals surface area contributed by atoms with Crippen molar-refractivity contribution in [2.75, 3.05) is 19.8 Å². The Hall–Kier alpha value is -2.43. The zero-order chi connectivity index (χ0) is 58.2. The molecule has 0 aromatic rings. The molecule has 14 heteroatoms. The third-order valence-corrected chi connectivity index (χ3v) is 29.0. The van der Waals surface area contributed by atoms with Gasteiger partial charge in [-0.3, -0.25) is 14.4 Å². The average Bonchev–Trinajstić information content (AvgIpc) is 3.57. The quantitative estimate of drug-likeness (QED) is 0.0792. The second-order valence-electron chi connectivity index (χ2n) is 32.4. The fourth-order valence-electron chi connectivity index (χ4n) is 23.2. The number of aliphatic hydroxyl groups is 6. The summed E-state index contributed by atoms with van der Waals surface area (Å²) in [6.45, 7) is 25.0. The lowest BCUT2D eigenvalue weighted by molar-refractivity contribution is -0.315. The van der Waals surface area contributed by atoms with Crippen molar-refractivity contribution < 1.29 is 69.4 Å². The first kappa shape index (κ1) is 59.3. The molecule has 450 valence electrons. The molecule has 0 aromatic heterocycles. The van der Waals surface area contributed by atoms with Crippen LogP contribution in [0.4, 0.5) is 0 Å². The molecule has 8 saturated carbocycles. The lowest BCUT2D eigenvalue weighted by atomic mass is 9.33. The van der Waals surface area contributed by atoms with Crippen molar-refractivity contribution >= 4 is 17.9 Å². The molecular weight excluding hydrogens is 1020 g/mol. The highest BCUT2D eigenvalue weighted by Crippen LogP contribution is 2.78. The lowest BCUT2D eigenvalue weighted by Crippen LogP contribution is -2.66. The zero-order valence-corrected chi connectivity index (χ0v) is 50.5. The van der Waals surface area contributed by atoms with Crippen LogP contribution in [-0.2, 0) is 28.6 Å². The molecule has 0 unspecified atom stereocenters. The van der Waals surface area contributed by atoms with Gasteiger partial charge >= 0.3 is 17.9 Å². The summed E-state index contributed by atoms with van der Waals surface area (Å²) in [5.41, 5.74) is -2.69. The zero-order valence-electron chi connectivity index (χ0n) is 50.5. The minimum atomic E-state index is -1.57. The minimum absolute atomic E-state index is 0.00760. The van der Waals surface area contributed by atoms with Gasteiger partial charge in [0.15, 0.2) is 6.29 Å². The molecule has 1 saturated heterocycles. The van der Waals surface area contributed by atoms with Crippen molar-refractivity contribution in [1.29, 1.82) is 0 Å². The normalized spacial score (nSPS) is 54.9. The highest BCUT2D eigenvalue weighted by molar-refractivity contribution is 5.80. The van der Waals surface area contributed by atoms with E-state index in [4.69, 9.17) is 14.2 Å². The van der Waals surface area contributed by atoms with Gasteiger partial charge in [-0.25, -0.2) is 0 Å². The van der Waals surface area contributed by atoms with Gasteiger partial charge < -0.3 is 55.1 Å². The van der Waals surface area contributed by atoms with Crippen molar-refractivity contribution in [2.45, 2.75) is 247 Å². The summed E-state index contributed by atoms with van der Waals surface area (Å²) in [5.74, 6) is -1.30. The van der Waals surface area contributed by atoms with Gasteiger partial charge in [-0.15, -0.1) is 0 Å². The van der Waals surface area contributed by atoms with Gasteiger partial charge in [-0.05, 0) is 209 Å². The molecule has 24 atom stereocenters. The van der Waals surface area contributed by atoms with E-state index in [1.54, 1.807) is 0 Å². The number of allylic oxidation sites excluding steroid dienone is 4. The van der Waals surface area contributed by atoms with E-state index < -0.39 is 82.4 Å². The van der Waals surface area contributed by atoms with Gasteiger partial charge in [0.2, 0.25) is 0 Å². The molecule has 0 spiro atoms. The van der Waals surface area contributed by atoms with Gasteiger partial charge in [0.05, 0.1) is 48.3 Å². The highest BCUT2D eigenvalue weighted by Gasteiger charge is 2.73. The van der Waals surface area contributed by atoms with E-state index in [1.165, 1.54) is 11.1 Å². The third-order valence-electron chi connectivity index (χ3n) is 29.0. The Morgan fingerprint density at radius 2 is 1.05 bits per heavy atom. The van der Waals surface area contributed by atoms with Crippen LogP contribution in [0.5, 0.6) is 0 Å². The van der Waals surface area contributed by atoms with Gasteiger partial charge in [-0.2, -0.15) is 0 Å². The molecule has 9 fully saturated rings. The molecular formula is C66H102O14. The fourth-order valence-corrected chi connectivity index (χ4v) is 23.2. The predicted molar refractivity (Wildman–Crippen MR) is 299 cm³/mol. The highest BCUT2D eigenvalue weighted by atomic mass is 16.7. The topological polar surface area (TPSA) is 241 Å². The van der Waals surface area contributed by atoms with Crippen molar-refractivity contribution in [1.82, 2.24) is 0 Å². The Morgan fingerprint density at radius 3 is 1.60 bits per heavy atom. The standard InChI is InChI=1S/C66H102O14/c1-55(2)42-16-22-63(10)44(58(42,5)20-18-46(55)68)14-12-37-39-32-56(3,24-28-65(39,52(73)74)30-26-61(37,63)8)35-79-54(77)57(4)25-29-66(53(75)76)31-27-62(9)38(40(66)33-57)13-15-45-59(6)21-19-47(69)60(7,43(59)17-23-64(45,62)11)36-78-51-50(72)49(71)48(70)41(34-67)80-51/h12-13,39-51,67-72H,14-36H2,1-11H3,(H,73,74)(H,75,76)/t39-,40-,41-,42-,43+,44+,45-,46-,47-,48-,49+,50-,51-,56+,57+,58-,59-,60+,61+,62+,63+,64+,65-,66-/m0/s1. The van der Waals surface area contributed by atoms with E-state index in [2.05, 4.69) is 74.5 Å². The number of aliphatic hydroxyl groups excluding tert-OH is 6. The number of esters is 1. The molecule has 80 heavy (non-hydrogen) atoms. The number of ether oxygens (including phenoxy) is 3. The molecule has 8 N–H and O–H groups in total. The Kier molecular flexibility index (Phi) is 14.1. The van der Waals surface area contributed by atoms with E-state index >= 15 is 4.79 Å². The summed E-state index contributed by atoms with van der Waals surface area (Å²) in [6.07, 6.45) is 11.0. The first-order chi connectivity index (χ1) is 37.2. The van der Waals surface area contributed by atoms with Gasteiger partial charge in [0.25, 0.3) is 0 Å². The summed E-state index contributed by atoms with van der Waals surface area (Å²) in [7, 11) is 0. The monoisotopic (exact) mass is 1120 g/mol. The molecule has 11 rings (SSSR count). The summed E-state index contributed by atoms with van der Waals surface area (Å²) in [4.78, 5) is 42.6. The number of carbonyl (C=O) groups excluding carboxylic acids is 1. The summed E-state index contributed by atoms with van der Waals surface area (Å²) < 4.78 is 18.6. The number of carboxylic acid groups (broad SMARTS) is 2. The van der Waals surface area contributed by atoms with Gasteiger partial charge in [-0.1, -0.05) is 92.5 Å². The molecule has 10 aliphatic carbocycles. The van der Waals surface area contributed by atoms with Crippen LogP contribution in [0.2, 0.25) is 0 Å². The summed E-state index contributed by atoms with van der Waals surface area (Å²) in [6, 6.07) is 0. The number of aliphatic carboxylic acids is 2. The average molecular weight is 1120 g/mol. The minimum Gasteiger partial charge on any atom is -0.481 e. The summed E-state index contributed by atoms with van der Waals surface area (Å²) >= 11 is 0. The van der Waals surface area contributed by atoms with Crippen molar-refractivity contribution in [2.24, 2.45) is 100 Å². The van der Waals surface area contributed by atoms with Crippen LogP contribution in [0.3, 0.4) is 0 Å². The van der Waals surface area contributed by atoms with Crippen LogP contribution >= 0.6 is 0 Å². The molecule has 0 aromatic carbocycles. The maximum atomic E-state index is 15.1. The smallest absolute Gasteiger partial charge is 0.311 e. The van der Waals surface area contributed by atoms with E-state index in [0.717, 1.165) is 64.2 Å². The Morgan fingerprint density at radius 1 is 0.550 bits per heavy atom. The predicted octanol–water partition coefficient (Wildman–Crippen LogP) is 9.78. The number of carbonyl (C=O) groups is 3. The molecule has 1 aliphatic heterocycles. The van der Waals surface area contributed by atoms with Crippen LogP contribution in [0.1, 0.15) is 205 Å². The maximum Gasteiger partial charge on any atom is 0.311 e. The van der Waals surface area contributed by atoms with Crippen LogP contribution in [-0.4, -0.2) is 121 Å². The first-order valence-electron chi connectivity index (χ1n) is 31.5. The first-order valence-corrected chi connectivity index (χ1v) is 31.5. The van der Waals surface area contributed by atoms with Crippen molar-refractivity contribution in [3.63, 3.8) is 0 Å². The van der Waals surface area contributed by atoms with E-state index in [-0.39, 0.29) is 86.9 Å². The molecule has 1 heterocycles. The van der Waals surface area contributed by atoms with Gasteiger partial charge in [0.1, 0.15) is 24.4 Å². The molecule has 0 radical (unpaired) electrons. The third kappa shape index (κ3) is 7.84. The van der Waals surface area contributed by atoms with Crippen LogP contribution < -0.4 is 0 Å². The Bertz CT molecular complexity index is 2560. The van der Waals surface area contributed by atoms with Crippen LogP contribution in [0, 0.1) is 100 Å². The molecule has 14 nitrogen and oxygen atoms in total. The van der Waals surface area contributed by atoms with E-state index in [0.29, 0.717) is 76.0 Å². The lowest BCUT2D eigenvalue weighted by Gasteiger charge is -2.71. The Labute approximate surface area is 476 Å².